The van der Waals surface area contributed by atoms with E-state index < -0.39 is 0 Å². The average Bonchev–Trinajstić information content (AvgIpc) is 2.26. The topological polar surface area (TPSA) is 42.4 Å². The molecule has 78 valence electrons. The molecule has 0 radical (unpaired) electrons. The Hall–Kier alpha value is -1.58. The molecule has 0 saturated heterocycles. The van der Waals surface area contributed by atoms with Crippen LogP contribution in [0, 0.1) is 0 Å². The summed E-state index contributed by atoms with van der Waals surface area (Å²) in [6, 6.07) is 0.340. The molecule has 1 aromatic heterocycles. The number of ketones is 1. The molecule has 3 rings (SSSR count). The number of hydrogen-bond donors (Lipinski definition) is 0. The molecule has 2 aliphatic heterocycles. The number of anilines is 1. The van der Waals surface area contributed by atoms with Gasteiger partial charge in [0, 0.05) is 19.2 Å². The Labute approximate surface area is 87.9 Å². The summed E-state index contributed by atoms with van der Waals surface area (Å²) in [5, 5.41) is 0. The standard InChI is InChI=1S/C11H12N2O2/c1-7-6-15-10-5-12-4-8-9(14)2-3-13(7)11(8)10/h4-5,7H,2-3,6H2,1H3. The fraction of sp³-hybridized carbons (Fsp3) is 0.455. The van der Waals surface area contributed by atoms with E-state index in [1.807, 2.05) is 0 Å². The molecule has 0 spiro atoms. The highest BCUT2D eigenvalue weighted by Gasteiger charge is 2.32. The quantitative estimate of drug-likeness (QED) is 0.638. The van der Waals surface area contributed by atoms with E-state index in [1.165, 1.54) is 0 Å². The third-order valence-electron chi connectivity index (χ3n) is 3.06. The second-order valence-corrected chi connectivity index (χ2v) is 4.06. The maximum atomic E-state index is 11.7. The third kappa shape index (κ3) is 1.14. The number of carbonyl (C=O) groups excluding carboxylic acids is 1. The van der Waals surface area contributed by atoms with Gasteiger partial charge in [0.1, 0.15) is 6.61 Å². The van der Waals surface area contributed by atoms with Gasteiger partial charge < -0.3 is 9.64 Å². The van der Waals surface area contributed by atoms with E-state index in [9.17, 15) is 4.79 Å². The van der Waals surface area contributed by atoms with Crippen molar-refractivity contribution in [1.29, 1.82) is 0 Å². The van der Waals surface area contributed by atoms with Gasteiger partial charge in [0.05, 0.1) is 23.5 Å². The van der Waals surface area contributed by atoms with Crippen LogP contribution in [-0.2, 0) is 0 Å². The summed E-state index contributed by atoms with van der Waals surface area (Å²) in [6.07, 6.45) is 3.92. The van der Waals surface area contributed by atoms with Crippen LogP contribution in [0.25, 0.3) is 0 Å². The number of aromatic nitrogens is 1. The highest BCUT2D eigenvalue weighted by molar-refractivity contribution is 6.04. The van der Waals surface area contributed by atoms with Crippen molar-refractivity contribution in [2.75, 3.05) is 18.1 Å². The minimum Gasteiger partial charge on any atom is -0.488 e. The van der Waals surface area contributed by atoms with Gasteiger partial charge in [-0.2, -0.15) is 0 Å². The normalized spacial score (nSPS) is 23.4. The van der Waals surface area contributed by atoms with Crippen molar-refractivity contribution < 1.29 is 9.53 Å². The average molecular weight is 204 g/mol. The van der Waals surface area contributed by atoms with Gasteiger partial charge >= 0.3 is 0 Å². The number of nitrogens with zero attached hydrogens (tertiary/aromatic N) is 2. The first-order chi connectivity index (χ1) is 7.27. The summed E-state index contributed by atoms with van der Waals surface area (Å²) in [4.78, 5) is 18.0. The van der Waals surface area contributed by atoms with Crippen LogP contribution in [0.1, 0.15) is 23.7 Å². The number of pyridine rings is 1. The van der Waals surface area contributed by atoms with Crippen molar-refractivity contribution in [2.45, 2.75) is 19.4 Å². The fourth-order valence-corrected chi connectivity index (χ4v) is 2.25. The molecule has 0 N–H and O–H groups in total. The van der Waals surface area contributed by atoms with Crippen molar-refractivity contribution in [3.8, 4) is 5.75 Å². The SMILES string of the molecule is CC1COc2cncc3c2N1CCC3=O. The van der Waals surface area contributed by atoms with Crippen LogP contribution < -0.4 is 9.64 Å². The number of ether oxygens (including phenoxy) is 1. The predicted octanol–water partition coefficient (Wildman–Crippen LogP) is 1.26. The lowest BCUT2D eigenvalue weighted by atomic mass is 9.99. The zero-order chi connectivity index (χ0) is 10.4. The van der Waals surface area contributed by atoms with Gasteiger partial charge in [0.15, 0.2) is 11.5 Å². The molecule has 0 saturated carbocycles. The van der Waals surface area contributed by atoms with Crippen molar-refractivity contribution in [3.05, 3.63) is 18.0 Å². The van der Waals surface area contributed by atoms with Crippen LogP contribution in [-0.4, -0.2) is 30.0 Å². The maximum Gasteiger partial charge on any atom is 0.168 e. The second-order valence-electron chi connectivity index (χ2n) is 4.06. The van der Waals surface area contributed by atoms with Gasteiger partial charge in [-0.1, -0.05) is 0 Å². The first kappa shape index (κ1) is 8.71. The summed E-state index contributed by atoms with van der Waals surface area (Å²) in [6.45, 7) is 3.59. The summed E-state index contributed by atoms with van der Waals surface area (Å²) < 4.78 is 5.57. The van der Waals surface area contributed by atoms with Crippen LogP contribution in [0.2, 0.25) is 0 Å². The molecular weight excluding hydrogens is 192 g/mol. The van der Waals surface area contributed by atoms with Crippen molar-refractivity contribution in [3.63, 3.8) is 0 Å². The Bertz CT molecular complexity index is 431. The molecule has 15 heavy (non-hydrogen) atoms. The fourth-order valence-electron chi connectivity index (χ4n) is 2.25. The molecule has 1 atom stereocenters. The summed E-state index contributed by atoms with van der Waals surface area (Å²) in [5.74, 6) is 0.923. The number of rotatable bonds is 0. The van der Waals surface area contributed by atoms with Crippen LogP contribution in [0.5, 0.6) is 5.75 Å². The Kier molecular flexibility index (Phi) is 1.71. The molecule has 0 aliphatic carbocycles. The monoisotopic (exact) mass is 204 g/mol. The lowest BCUT2D eigenvalue weighted by molar-refractivity contribution is 0.0974. The Morgan fingerprint density at radius 3 is 3.27 bits per heavy atom. The number of carbonyl (C=O) groups is 1. The van der Waals surface area contributed by atoms with Crippen molar-refractivity contribution in [1.82, 2.24) is 4.98 Å². The van der Waals surface area contributed by atoms with Crippen molar-refractivity contribution in [2.24, 2.45) is 0 Å². The van der Waals surface area contributed by atoms with Gasteiger partial charge in [0.2, 0.25) is 0 Å². The smallest absolute Gasteiger partial charge is 0.168 e. The maximum absolute atomic E-state index is 11.7. The first-order valence-electron chi connectivity index (χ1n) is 5.18. The zero-order valence-electron chi connectivity index (χ0n) is 8.56. The van der Waals surface area contributed by atoms with E-state index in [4.69, 9.17) is 4.74 Å². The summed E-state index contributed by atoms with van der Waals surface area (Å²) in [7, 11) is 0. The summed E-state index contributed by atoms with van der Waals surface area (Å²) in [5.41, 5.74) is 1.66. The zero-order valence-corrected chi connectivity index (χ0v) is 8.56. The van der Waals surface area contributed by atoms with E-state index in [0.29, 0.717) is 24.6 Å². The molecule has 0 amide bonds. The highest BCUT2D eigenvalue weighted by Crippen LogP contribution is 2.39. The van der Waals surface area contributed by atoms with Crippen LogP contribution in [0.4, 0.5) is 5.69 Å². The molecule has 4 nitrogen and oxygen atoms in total. The molecule has 2 aliphatic rings. The van der Waals surface area contributed by atoms with E-state index in [1.54, 1.807) is 12.4 Å². The van der Waals surface area contributed by atoms with E-state index in [2.05, 4.69) is 16.8 Å². The lowest BCUT2D eigenvalue weighted by Crippen LogP contribution is -2.45. The highest BCUT2D eigenvalue weighted by atomic mass is 16.5. The molecule has 0 bridgehead atoms. The Morgan fingerprint density at radius 1 is 1.53 bits per heavy atom. The van der Waals surface area contributed by atoms with Crippen molar-refractivity contribution >= 4 is 11.5 Å². The van der Waals surface area contributed by atoms with E-state index in [-0.39, 0.29) is 5.78 Å². The number of hydrogen-bond acceptors (Lipinski definition) is 4. The predicted molar refractivity (Wildman–Crippen MR) is 55.5 cm³/mol. The van der Waals surface area contributed by atoms with E-state index in [0.717, 1.165) is 18.0 Å². The van der Waals surface area contributed by atoms with Gasteiger partial charge in [-0.15, -0.1) is 0 Å². The van der Waals surface area contributed by atoms with Crippen LogP contribution >= 0.6 is 0 Å². The molecule has 3 heterocycles. The summed E-state index contributed by atoms with van der Waals surface area (Å²) >= 11 is 0. The molecule has 1 aromatic rings. The lowest BCUT2D eigenvalue weighted by Gasteiger charge is -2.39. The van der Waals surface area contributed by atoms with Gasteiger partial charge in [0.25, 0.3) is 0 Å². The Morgan fingerprint density at radius 2 is 2.40 bits per heavy atom. The molecule has 1 unspecified atom stereocenters. The van der Waals surface area contributed by atoms with Gasteiger partial charge in [-0.3, -0.25) is 9.78 Å². The third-order valence-corrected chi connectivity index (χ3v) is 3.06. The minimum absolute atomic E-state index is 0.174. The minimum atomic E-state index is 0.174. The van der Waals surface area contributed by atoms with Crippen LogP contribution in [0.15, 0.2) is 12.4 Å². The van der Waals surface area contributed by atoms with Gasteiger partial charge in [-0.05, 0) is 6.92 Å². The molecule has 0 fully saturated rings. The van der Waals surface area contributed by atoms with E-state index >= 15 is 0 Å². The largest absolute Gasteiger partial charge is 0.488 e. The van der Waals surface area contributed by atoms with Gasteiger partial charge in [-0.25, -0.2) is 0 Å². The Balaban J connectivity index is 2.22. The molecule has 4 heteroatoms. The molecular formula is C11H12N2O2. The first-order valence-corrected chi connectivity index (χ1v) is 5.18. The van der Waals surface area contributed by atoms with Crippen LogP contribution in [0.3, 0.4) is 0 Å². The number of Topliss-reactive ketones (excluding diaryl/α,β-unsaturated/α-hetero) is 1. The molecule has 0 aromatic carbocycles. The second kappa shape index (κ2) is 2.95.